The van der Waals surface area contributed by atoms with Crippen LogP contribution in [0.2, 0.25) is 5.02 Å². The van der Waals surface area contributed by atoms with Crippen molar-refractivity contribution in [1.29, 1.82) is 0 Å². The van der Waals surface area contributed by atoms with Gasteiger partial charge in [0.05, 0.1) is 10.9 Å². The molecule has 1 atom stereocenters. The number of primary sulfonamides is 1. The molecule has 3 N–H and O–H groups in total. The van der Waals surface area contributed by atoms with Crippen molar-refractivity contribution in [2.24, 2.45) is 5.14 Å². The van der Waals surface area contributed by atoms with Gasteiger partial charge in [-0.1, -0.05) is 17.7 Å². The Hall–Kier alpha value is -2.13. The fourth-order valence-corrected chi connectivity index (χ4v) is 3.88. The lowest BCUT2D eigenvalue weighted by Crippen LogP contribution is -2.52. The van der Waals surface area contributed by atoms with Gasteiger partial charge in [0.2, 0.25) is 15.9 Å². The summed E-state index contributed by atoms with van der Waals surface area (Å²) in [6.07, 6.45) is 0. The van der Waals surface area contributed by atoms with Gasteiger partial charge in [0.1, 0.15) is 0 Å². The third-order valence-corrected chi connectivity index (χ3v) is 6.03. The lowest BCUT2D eigenvalue weighted by molar-refractivity contribution is -0.120. The van der Waals surface area contributed by atoms with Crippen molar-refractivity contribution in [1.82, 2.24) is 4.90 Å². The topological polar surface area (TPSA) is 95.7 Å². The maximum Gasteiger partial charge on any atom is 0.241 e. The number of benzene rings is 2. The Morgan fingerprint density at radius 1 is 1.11 bits per heavy atom. The molecule has 1 heterocycles. The molecule has 7 nitrogen and oxygen atoms in total. The Labute approximate surface area is 170 Å². The summed E-state index contributed by atoms with van der Waals surface area (Å²) >= 11 is 6.07. The Morgan fingerprint density at radius 3 is 2.32 bits per heavy atom. The molecule has 150 valence electrons. The molecule has 3 rings (SSSR count). The van der Waals surface area contributed by atoms with Gasteiger partial charge in [-0.2, -0.15) is 0 Å². The van der Waals surface area contributed by atoms with Crippen molar-refractivity contribution in [3.8, 4) is 0 Å². The molecule has 0 saturated carbocycles. The van der Waals surface area contributed by atoms with Crippen LogP contribution in [0.3, 0.4) is 0 Å². The zero-order chi connectivity index (χ0) is 20.3. The Morgan fingerprint density at radius 2 is 1.75 bits per heavy atom. The van der Waals surface area contributed by atoms with E-state index in [1.165, 1.54) is 24.3 Å². The largest absolute Gasteiger partial charge is 0.369 e. The van der Waals surface area contributed by atoms with Crippen LogP contribution in [-0.4, -0.2) is 51.4 Å². The summed E-state index contributed by atoms with van der Waals surface area (Å²) in [5, 5.41) is 8.61. The van der Waals surface area contributed by atoms with Gasteiger partial charge in [0.15, 0.2) is 0 Å². The van der Waals surface area contributed by atoms with E-state index in [4.69, 9.17) is 16.7 Å². The van der Waals surface area contributed by atoms with E-state index in [1.807, 2.05) is 31.2 Å². The summed E-state index contributed by atoms with van der Waals surface area (Å²) in [6, 6.07) is 13.3. The van der Waals surface area contributed by atoms with Crippen molar-refractivity contribution in [2.75, 3.05) is 36.4 Å². The number of rotatable bonds is 5. The minimum atomic E-state index is -3.75. The molecule has 0 aromatic heterocycles. The fraction of sp³-hybridized carbons (Fsp3) is 0.316. The lowest BCUT2D eigenvalue weighted by atomic mass is 10.2. The number of nitrogens with one attached hydrogen (secondary N) is 1. The van der Waals surface area contributed by atoms with Crippen LogP contribution in [-0.2, 0) is 14.8 Å². The number of amides is 1. The van der Waals surface area contributed by atoms with Crippen LogP contribution in [0, 0.1) is 0 Å². The number of hydrogen-bond acceptors (Lipinski definition) is 5. The molecular formula is C19H23ClN4O3S. The van der Waals surface area contributed by atoms with Crippen LogP contribution in [0.15, 0.2) is 53.4 Å². The smallest absolute Gasteiger partial charge is 0.241 e. The van der Waals surface area contributed by atoms with E-state index in [0.29, 0.717) is 10.7 Å². The SMILES string of the molecule is C[C@@H](C(=O)Nc1ccc(S(N)(=O)=O)cc1)N1CCN(c2cccc(Cl)c2)CC1. The van der Waals surface area contributed by atoms with Gasteiger partial charge in [-0.3, -0.25) is 9.69 Å². The molecule has 0 radical (unpaired) electrons. The summed E-state index contributed by atoms with van der Waals surface area (Å²) in [7, 11) is -3.75. The van der Waals surface area contributed by atoms with E-state index < -0.39 is 10.0 Å². The van der Waals surface area contributed by atoms with Crippen LogP contribution in [0.4, 0.5) is 11.4 Å². The fourth-order valence-electron chi connectivity index (χ4n) is 3.18. The molecular weight excluding hydrogens is 400 g/mol. The van der Waals surface area contributed by atoms with Crippen molar-refractivity contribution in [2.45, 2.75) is 17.9 Å². The van der Waals surface area contributed by atoms with Crippen molar-refractivity contribution >= 4 is 38.9 Å². The number of piperazine rings is 1. The number of halogens is 1. The molecule has 0 bridgehead atoms. The van der Waals surface area contributed by atoms with Gasteiger partial charge in [-0.05, 0) is 49.4 Å². The second kappa shape index (κ2) is 8.48. The Bertz CT molecular complexity index is 942. The van der Waals surface area contributed by atoms with Crippen LogP contribution in [0.5, 0.6) is 0 Å². The summed E-state index contributed by atoms with van der Waals surface area (Å²) in [5.74, 6) is -0.139. The highest BCUT2D eigenvalue weighted by Crippen LogP contribution is 2.21. The van der Waals surface area contributed by atoms with Crippen molar-refractivity contribution < 1.29 is 13.2 Å². The number of anilines is 2. The Balaban J connectivity index is 1.56. The minimum Gasteiger partial charge on any atom is -0.369 e. The van der Waals surface area contributed by atoms with Gasteiger partial charge in [0, 0.05) is 42.6 Å². The van der Waals surface area contributed by atoms with Gasteiger partial charge in [-0.25, -0.2) is 13.6 Å². The highest BCUT2D eigenvalue weighted by molar-refractivity contribution is 7.89. The number of carbonyl (C=O) groups is 1. The molecule has 1 fully saturated rings. The first kappa shape index (κ1) is 20.6. The highest BCUT2D eigenvalue weighted by Gasteiger charge is 2.26. The normalized spacial score (nSPS) is 16.6. The zero-order valence-electron chi connectivity index (χ0n) is 15.5. The molecule has 2 aromatic carbocycles. The van der Waals surface area contributed by atoms with Crippen LogP contribution >= 0.6 is 11.6 Å². The standard InChI is InChI=1S/C19H23ClN4O3S/c1-14(19(25)22-16-5-7-18(8-6-16)28(21,26)27)23-9-11-24(12-10-23)17-4-2-3-15(20)13-17/h2-8,13-14H,9-12H2,1H3,(H,22,25)(H2,21,26,27)/t14-/m0/s1. The molecule has 0 unspecified atom stereocenters. The van der Waals surface area contributed by atoms with Crippen molar-refractivity contribution in [3.63, 3.8) is 0 Å². The first-order valence-electron chi connectivity index (χ1n) is 8.92. The second-order valence-electron chi connectivity index (χ2n) is 6.74. The molecule has 28 heavy (non-hydrogen) atoms. The number of nitrogens with two attached hydrogens (primary N) is 1. The van der Waals surface area contributed by atoms with E-state index in [1.54, 1.807) is 0 Å². The number of nitrogens with zero attached hydrogens (tertiary/aromatic N) is 2. The summed E-state index contributed by atoms with van der Waals surface area (Å²) in [4.78, 5) is 16.9. The molecule has 1 saturated heterocycles. The van der Waals surface area contributed by atoms with Gasteiger partial charge in [-0.15, -0.1) is 0 Å². The highest BCUT2D eigenvalue weighted by atomic mass is 35.5. The first-order chi connectivity index (χ1) is 13.2. The zero-order valence-corrected chi connectivity index (χ0v) is 17.1. The molecule has 9 heteroatoms. The Kier molecular flexibility index (Phi) is 6.24. The second-order valence-corrected chi connectivity index (χ2v) is 8.74. The molecule has 0 aliphatic carbocycles. The summed E-state index contributed by atoms with van der Waals surface area (Å²) in [6.45, 7) is 4.99. The third kappa shape index (κ3) is 5.02. The van der Waals surface area contributed by atoms with Crippen LogP contribution in [0.25, 0.3) is 0 Å². The van der Waals surface area contributed by atoms with Gasteiger partial charge < -0.3 is 10.2 Å². The predicted octanol–water partition coefficient (Wildman–Crippen LogP) is 2.14. The number of sulfonamides is 1. The number of hydrogen-bond donors (Lipinski definition) is 2. The predicted molar refractivity (Wildman–Crippen MR) is 111 cm³/mol. The number of carbonyl (C=O) groups excluding carboxylic acids is 1. The maximum atomic E-state index is 12.6. The molecule has 1 amide bonds. The molecule has 1 aliphatic rings. The van der Waals surface area contributed by atoms with Crippen LogP contribution in [0.1, 0.15) is 6.92 Å². The van der Waals surface area contributed by atoms with Crippen LogP contribution < -0.4 is 15.4 Å². The van der Waals surface area contributed by atoms with E-state index in [9.17, 15) is 13.2 Å². The average molecular weight is 423 g/mol. The van der Waals surface area contributed by atoms with E-state index in [0.717, 1.165) is 31.9 Å². The third-order valence-electron chi connectivity index (χ3n) is 4.87. The van der Waals surface area contributed by atoms with Gasteiger partial charge >= 0.3 is 0 Å². The van der Waals surface area contributed by atoms with Crippen molar-refractivity contribution in [3.05, 3.63) is 53.6 Å². The minimum absolute atomic E-state index is 0.00989. The summed E-state index contributed by atoms with van der Waals surface area (Å²) < 4.78 is 22.6. The molecule has 0 spiro atoms. The molecule has 2 aromatic rings. The molecule has 1 aliphatic heterocycles. The lowest BCUT2D eigenvalue weighted by Gasteiger charge is -2.38. The quantitative estimate of drug-likeness (QED) is 0.769. The summed E-state index contributed by atoms with van der Waals surface area (Å²) in [5.41, 5.74) is 1.61. The van der Waals surface area contributed by atoms with Gasteiger partial charge in [0.25, 0.3) is 0 Å². The monoisotopic (exact) mass is 422 g/mol. The van der Waals surface area contributed by atoms with E-state index >= 15 is 0 Å². The van der Waals surface area contributed by atoms with E-state index in [2.05, 4.69) is 15.1 Å². The average Bonchev–Trinajstić information content (AvgIpc) is 2.67. The first-order valence-corrected chi connectivity index (χ1v) is 10.8. The van der Waals surface area contributed by atoms with E-state index in [-0.39, 0.29) is 16.8 Å². The maximum absolute atomic E-state index is 12.6.